The highest BCUT2D eigenvalue weighted by atomic mass is 16.5. The summed E-state index contributed by atoms with van der Waals surface area (Å²) in [7, 11) is 3.52. The zero-order valence-electron chi connectivity index (χ0n) is 45.6. The van der Waals surface area contributed by atoms with Crippen LogP contribution in [-0.4, -0.2) is 14.2 Å². The van der Waals surface area contributed by atoms with E-state index in [-0.39, 0.29) is 5.41 Å². The molecule has 0 saturated heterocycles. The summed E-state index contributed by atoms with van der Waals surface area (Å²) in [4.78, 5) is 0. The van der Waals surface area contributed by atoms with Gasteiger partial charge in [-0.15, -0.1) is 0 Å². The van der Waals surface area contributed by atoms with E-state index >= 15 is 0 Å². The minimum absolute atomic E-state index is 0.287. The molecule has 0 radical (unpaired) electrons. The molecule has 0 unspecified atom stereocenters. The zero-order valence-corrected chi connectivity index (χ0v) is 45.6. The van der Waals surface area contributed by atoms with Gasteiger partial charge in [0.2, 0.25) is 0 Å². The van der Waals surface area contributed by atoms with Crippen LogP contribution < -0.4 is 9.47 Å². The number of fused-ring (bicyclic) bond motifs is 11. The molecular formula is C79H54O2. The maximum atomic E-state index is 5.91. The van der Waals surface area contributed by atoms with Crippen LogP contribution >= 0.6 is 0 Å². The highest BCUT2D eigenvalue weighted by Gasteiger charge is 2.37. The summed E-state index contributed by atoms with van der Waals surface area (Å²) in [6, 6.07) is 94.9. The van der Waals surface area contributed by atoms with Crippen molar-refractivity contribution in [2.75, 3.05) is 14.2 Å². The summed E-state index contributed by atoms with van der Waals surface area (Å²) in [5.74, 6) is 1.76. The summed E-state index contributed by atoms with van der Waals surface area (Å²) < 4.78 is 11.8. The van der Waals surface area contributed by atoms with E-state index in [1.807, 2.05) is 0 Å². The van der Waals surface area contributed by atoms with Crippen LogP contribution in [0.15, 0.2) is 255 Å². The number of rotatable bonds is 7. The minimum atomic E-state index is -0.287. The number of ether oxygens (including phenoxy) is 2. The highest BCUT2D eigenvalue weighted by molar-refractivity contribution is 6.31. The molecule has 0 amide bonds. The molecule has 0 N–H and O–H groups in total. The van der Waals surface area contributed by atoms with Crippen LogP contribution in [0.1, 0.15) is 25.0 Å². The first-order chi connectivity index (χ1) is 39.9. The lowest BCUT2D eigenvalue weighted by molar-refractivity contribution is 0.420. The van der Waals surface area contributed by atoms with Gasteiger partial charge in [-0.25, -0.2) is 0 Å². The van der Waals surface area contributed by atoms with Crippen molar-refractivity contribution in [3.63, 3.8) is 0 Å². The fourth-order valence-corrected chi connectivity index (χ4v) is 14.5. The SMILES string of the molecule is COc1ccc(-c2c3ccccc3c(-c3ccc4c(c3)C(C)(C)c3cc(-c5c6ccccc6c(-c6c7ccccc7c(-c7ccc(OC)c8ccccc78)c7ccccc67)c6ccccc56)ccc3-4)c3ccccc23)c2ccccc12. The van der Waals surface area contributed by atoms with Gasteiger partial charge in [0, 0.05) is 16.2 Å². The van der Waals surface area contributed by atoms with Crippen molar-refractivity contribution in [2.45, 2.75) is 19.3 Å². The van der Waals surface area contributed by atoms with E-state index < -0.39 is 0 Å². The molecule has 0 aliphatic heterocycles. The largest absolute Gasteiger partial charge is 0.496 e. The second-order valence-electron chi connectivity index (χ2n) is 22.4. The maximum Gasteiger partial charge on any atom is 0.126 e. The molecular weight excluding hydrogens is 981 g/mol. The first-order valence-electron chi connectivity index (χ1n) is 28.1. The Morgan fingerprint density at radius 2 is 0.457 bits per heavy atom. The summed E-state index contributed by atoms with van der Waals surface area (Å²) >= 11 is 0. The van der Waals surface area contributed by atoms with Crippen molar-refractivity contribution in [3.8, 4) is 78.3 Å². The molecule has 16 rings (SSSR count). The average Bonchev–Trinajstić information content (AvgIpc) is 3.91. The standard InChI is InChI=1S/C79H54O2/c1-79(2)69-45-47(73-55-25-9-13-29-59(55)75(60-30-14-10-26-56(60)73)67-41-43-71(80-3)53-23-7-5-21-49(53)67)37-39-51(69)52-40-38-48(46-70(52)79)74-57-27-11-17-33-63(57)77(64-34-18-12-28-58(64)74)78-65-35-19-15-31-61(65)76(62-32-16-20-36-66(62)78)68-42-44-72(81-4)54-24-8-6-22-50(54)68/h5-46H,1-4H3. The average molecular weight is 1040 g/mol. The van der Waals surface area contributed by atoms with E-state index in [1.165, 1.54) is 153 Å². The lowest BCUT2D eigenvalue weighted by Gasteiger charge is -2.24. The van der Waals surface area contributed by atoms with Gasteiger partial charge in [-0.1, -0.05) is 244 Å². The van der Waals surface area contributed by atoms with Gasteiger partial charge in [-0.3, -0.25) is 0 Å². The van der Waals surface area contributed by atoms with Gasteiger partial charge in [-0.05, 0) is 178 Å². The van der Waals surface area contributed by atoms with Gasteiger partial charge >= 0.3 is 0 Å². The van der Waals surface area contributed by atoms with Gasteiger partial charge in [0.15, 0.2) is 0 Å². The third-order valence-electron chi connectivity index (χ3n) is 18.0. The second kappa shape index (κ2) is 18.0. The molecule has 0 spiro atoms. The van der Waals surface area contributed by atoms with Crippen LogP contribution in [0, 0.1) is 0 Å². The summed E-state index contributed by atoms with van der Waals surface area (Å²) in [6.45, 7) is 4.85. The molecule has 0 aromatic heterocycles. The Bertz CT molecular complexity index is 5000. The van der Waals surface area contributed by atoms with Gasteiger partial charge in [0.25, 0.3) is 0 Å². The normalized spacial score (nSPS) is 12.8. The first-order valence-corrected chi connectivity index (χ1v) is 28.1. The molecule has 0 heterocycles. The van der Waals surface area contributed by atoms with Crippen LogP contribution in [0.4, 0.5) is 0 Å². The van der Waals surface area contributed by atoms with Crippen LogP contribution in [0.5, 0.6) is 11.5 Å². The second-order valence-corrected chi connectivity index (χ2v) is 22.4. The van der Waals surface area contributed by atoms with Crippen molar-refractivity contribution in [2.24, 2.45) is 0 Å². The predicted octanol–water partition coefficient (Wildman–Crippen LogP) is 21.6. The Morgan fingerprint density at radius 1 is 0.222 bits per heavy atom. The minimum Gasteiger partial charge on any atom is -0.496 e. The molecule has 1 aliphatic rings. The molecule has 382 valence electrons. The van der Waals surface area contributed by atoms with Crippen molar-refractivity contribution in [3.05, 3.63) is 266 Å². The van der Waals surface area contributed by atoms with Crippen LogP contribution in [-0.2, 0) is 5.41 Å². The Labute approximate surface area is 470 Å². The van der Waals surface area contributed by atoms with Crippen molar-refractivity contribution in [1.29, 1.82) is 0 Å². The van der Waals surface area contributed by atoms with E-state index in [4.69, 9.17) is 9.47 Å². The molecule has 0 atom stereocenters. The summed E-state index contributed by atoms with van der Waals surface area (Å²) in [6.07, 6.45) is 0. The molecule has 0 saturated carbocycles. The molecule has 2 nitrogen and oxygen atoms in total. The van der Waals surface area contributed by atoms with E-state index in [2.05, 4.69) is 269 Å². The van der Waals surface area contributed by atoms with Crippen molar-refractivity contribution < 1.29 is 9.47 Å². The molecule has 15 aromatic carbocycles. The fourth-order valence-electron chi connectivity index (χ4n) is 14.5. The lowest BCUT2D eigenvalue weighted by Crippen LogP contribution is -2.15. The zero-order chi connectivity index (χ0) is 54.1. The van der Waals surface area contributed by atoms with Crippen molar-refractivity contribution in [1.82, 2.24) is 0 Å². The third-order valence-corrected chi connectivity index (χ3v) is 18.0. The highest BCUT2D eigenvalue weighted by Crippen LogP contribution is 2.55. The Hall–Kier alpha value is -10.0. The van der Waals surface area contributed by atoms with Gasteiger partial charge < -0.3 is 9.47 Å². The number of hydrogen-bond donors (Lipinski definition) is 0. The molecule has 1 aliphatic carbocycles. The van der Waals surface area contributed by atoms with Gasteiger partial charge in [-0.2, -0.15) is 0 Å². The molecule has 15 aromatic rings. The van der Waals surface area contributed by atoms with Crippen LogP contribution in [0.25, 0.3) is 153 Å². The quantitative estimate of drug-likeness (QED) is 0.148. The van der Waals surface area contributed by atoms with Crippen LogP contribution in [0.3, 0.4) is 0 Å². The Kier molecular flexibility index (Phi) is 10.5. The maximum absolute atomic E-state index is 5.91. The van der Waals surface area contributed by atoms with Crippen LogP contribution in [0.2, 0.25) is 0 Å². The third kappa shape index (κ3) is 6.81. The molecule has 2 heteroatoms. The van der Waals surface area contributed by atoms with Crippen molar-refractivity contribution >= 4 is 86.2 Å². The van der Waals surface area contributed by atoms with E-state index in [0.717, 1.165) is 22.3 Å². The Morgan fingerprint density at radius 3 is 0.741 bits per heavy atom. The number of hydrogen-bond acceptors (Lipinski definition) is 2. The molecule has 0 fully saturated rings. The topological polar surface area (TPSA) is 18.5 Å². The lowest BCUT2D eigenvalue weighted by atomic mass is 9.78. The number of methoxy groups -OCH3 is 2. The van der Waals surface area contributed by atoms with Gasteiger partial charge in [0.1, 0.15) is 11.5 Å². The van der Waals surface area contributed by atoms with E-state index in [9.17, 15) is 0 Å². The molecule has 0 bridgehead atoms. The van der Waals surface area contributed by atoms with E-state index in [1.54, 1.807) is 14.2 Å². The first kappa shape index (κ1) is 47.0. The van der Waals surface area contributed by atoms with E-state index in [0.29, 0.717) is 0 Å². The summed E-state index contributed by atoms with van der Waals surface area (Å²) in [5.41, 5.74) is 17.4. The molecule has 81 heavy (non-hydrogen) atoms. The summed E-state index contributed by atoms with van der Waals surface area (Å²) in [5, 5.41) is 19.4. The Balaban J connectivity index is 0.869. The smallest absolute Gasteiger partial charge is 0.126 e. The van der Waals surface area contributed by atoms with Gasteiger partial charge in [0.05, 0.1) is 14.2 Å². The number of benzene rings is 15. The fraction of sp³-hybridized carbons (Fsp3) is 0.0633. The monoisotopic (exact) mass is 1030 g/mol. The predicted molar refractivity (Wildman–Crippen MR) is 344 cm³/mol.